The lowest BCUT2D eigenvalue weighted by Gasteiger charge is -2.14. The van der Waals surface area contributed by atoms with Crippen LogP contribution in [0.2, 0.25) is 0 Å². The quantitative estimate of drug-likeness (QED) is 0.159. The maximum atomic E-state index is 10.7. The van der Waals surface area contributed by atoms with Crippen LogP contribution in [-0.4, -0.2) is 19.9 Å². The summed E-state index contributed by atoms with van der Waals surface area (Å²) in [6, 6.07) is 59.5. The number of hydrogen-bond acceptors (Lipinski definition) is 5. The van der Waals surface area contributed by atoms with Crippen LogP contribution in [0.5, 0.6) is 0 Å². The maximum absolute atomic E-state index is 10.7. The van der Waals surface area contributed by atoms with Gasteiger partial charge in [0.25, 0.3) is 0 Å². The van der Waals surface area contributed by atoms with Gasteiger partial charge in [0.15, 0.2) is 23.5 Å². The van der Waals surface area contributed by atoms with Gasteiger partial charge in [0, 0.05) is 34.6 Å². The highest BCUT2D eigenvalue weighted by molar-refractivity contribution is 5.96. The molecule has 9 aromatic rings. The zero-order chi connectivity index (χ0) is 38.3. The molecule has 0 radical (unpaired) electrons. The van der Waals surface area contributed by atoms with E-state index in [9.17, 15) is 5.26 Å². The third-order valence-electron chi connectivity index (χ3n) is 10.7. The molecule has 57 heavy (non-hydrogen) atoms. The molecule has 10 rings (SSSR count). The Hall–Kier alpha value is -8.06. The highest BCUT2D eigenvalue weighted by Crippen LogP contribution is 2.52. The van der Waals surface area contributed by atoms with Gasteiger partial charge < -0.3 is 0 Å². The zero-order valence-electron chi connectivity index (χ0n) is 30.5. The monoisotopic (exact) mass is 726 g/mol. The van der Waals surface area contributed by atoms with E-state index in [1.165, 1.54) is 0 Å². The first-order valence-corrected chi connectivity index (χ1v) is 18.6. The smallest absolute Gasteiger partial charge is 0.283 e. The Morgan fingerprint density at radius 3 is 1.60 bits per heavy atom. The average molecular weight is 727 g/mol. The first kappa shape index (κ1) is 33.5. The number of hydrogen-bond donors (Lipinski definition) is 0. The molecule has 2 heterocycles. The van der Waals surface area contributed by atoms with Gasteiger partial charge in [0.2, 0.25) is 0 Å². The van der Waals surface area contributed by atoms with Gasteiger partial charge in [-0.05, 0) is 92.2 Å². The third-order valence-corrected chi connectivity index (χ3v) is 10.7. The number of pyridine rings is 1. The zero-order valence-corrected chi connectivity index (χ0v) is 30.5. The molecule has 2 aromatic heterocycles. The lowest BCUT2D eigenvalue weighted by molar-refractivity contribution is 0.857. The summed E-state index contributed by atoms with van der Waals surface area (Å²) >= 11 is 0. The third kappa shape index (κ3) is 5.81. The number of nitriles is 1. The molecule has 6 heteroatoms. The van der Waals surface area contributed by atoms with Gasteiger partial charge in [-0.1, -0.05) is 127 Å². The average Bonchev–Trinajstić information content (AvgIpc) is 3.56. The fourth-order valence-electron chi connectivity index (χ4n) is 7.85. The first-order valence-electron chi connectivity index (χ1n) is 18.6. The van der Waals surface area contributed by atoms with Crippen molar-refractivity contribution >= 4 is 10.8 Å². The standard InChI is InChI=1S/C51H30N6/c1-53-51(32-52)46-30-39(22-23-44(46)45-28-37-15-8-9-16-38(37)29-47(45)51)41-25-42(40-17-10-24-54-31-40)27-43(26-41)50-56-48(35-13-6-3-7-14-35)55-49(57-50)36-20-18-34(19-21-36)33-11-4-2-5-12-33/h2-31H. The van der Waals surface area contributed by atoms with Crippen LogP contribution in [0.15, 0.2) is 182 Å². The molecular formula is C51H30N6. The van der Waals surface area contributed by atoms with E-state index >= 15 is 0 Å². The van der Waals surface area contributed by atoms with Crippen LogP contribution >= 0.6 is 0 Å². The SMILES string of the molecule is [C-]#[N+]C1(C#N)c2cc(-c3cc(-c4cccnc4)cc(-c4nc(-c5ccccc5)nc(-c5ccc(-c6ccccc6)cc5)n4)c3)ccc2-c2cc3ccccc3cc21. The predicted octanol–water partition coefficient (Wildman–Crippen LogP) is 12.1. The molecule has 0 spiro atoms. The minimum Gasteiger partial charge on any atom is -0.283 e. The van der Waals surface area contributed by atoms with Gasteiger partial charge in [0.1, 0.15) is 0 Å². The van der Waals surface area contributed by atoms with Crippen molar-refractivity contribution < 1.29 is 0 Å². The highest BCUT2D eigenvalue weighted by atomic mass is 15.0. The van der Waals surface area contributed by atoms with Crippen LogP contribution in [0, 0.1) is 17.9 Å². The number of nitrogens with zero attached hydrogens (tertiary/aromatic N) is 6. The summed E-state index contributed by atoms with van der Waals surface area (Å²) in [5.74, 6) is 1.64. The van der Waals surface area contributed by atoms with E-state index in [1.54, 1.807) is 6.20 Å². The Morgan fingerprint density at radius 2 is 0.947 bits per heavy atom. The Morgan fingerprint density at radius 1 is 0.439 bits per heavy atom. The molecule has 1 unspecified atom stereocenters. The van der Waals surface area contributed by atoms with Crippen LogP contribution in [-0.2, 0) is 5.54 Å². The molecule has 1 aliphatic carbocycles. The number of rotatable bonds is 6. The molecule has 264 valence electrons. The topological polar surface area (TPSA) is 79.7 Å². The van der Waals surface area contributed by atoms with E-state index in [4.69, 9.17) is 21.5 Å². The number of fused-ring (bicyclic) bond motifs is 4. The van der Waals surface area contributed by atoms with Gasteiger partial charge in [-0.2, -0.15) is 5.26 Å². The van der Waals surface area contributed by atoms with Crippen molar-refractivity contribution in [1.82, 2.24) is 19.9 Å². The maximum Gasteiger partial charge on any atom is 0.367 e. The summed E-state index contributed by atoms with van der Waals surface area (Å²) in [6.07, 6.45) is 3.60. The molecule has 0 fully saturated rings. The van der Waals surface area contributed by atoms with Gasteiger partial charge in [-0.15, -0.1) is 0 Å². The molecule has 0 saturated carbocycles. The molecule has 6 nitrogen and oxygen atoms in total. The van der Waals surface area contributed by atoms with Gasteiger partial charge in [-0.25, -0.2) is 21.5 Å². The van der Waals surface area contributed by atoms with Crippen LogP contribution < -0.4 is 0 Å². The predicted molar refractivity (Wildman–Crippen MR) is 226 cm³/mol. The second-order valence-corrected chi connectivity index (χ2v) is 14.1. The van der Waals surface area contributed by atoms with Crippen molar-refractivity contribution in [2.75, 3.05) is 0 Å². The van der Waals surface area contributed by atoms with Crippen molar-refractivity contribution in [2.45, 2.75) is 5.54 Å². The van der Waals surface area contributed by atoms with Crippen LogP contribution in [0.1, 0.15) is 11.1 Å². The second kappa shape index (κ2) is 13.7. The lowest BCUT2D eigenvalue weighted by Crippen LogP contribution is -2.17. The highest BCUT2D eigenvalue weighted by Gasteiger charge is 2.51. The van der Waals surface area contributed by atoms with Crippen LogP contribution in [0.3, 0.4) is 0 Å². The fraction of sp³-hybridized carbons (Fsp3) is 0.0196. The Balaban J connectivity index is 1.15. The van der Waals surface area contributed by atoms with E-state index in [0.29, 0.717) is 23.0 Å². The van der Waals surface area contributed by atoms with Gasteiger partial charge in [-0.3, -0.25) is 9.83 Å². The van der Waals surface area contributed by atoms with Crippen LogP contribution in [0.25, 0.3) is 94.3 Å². The molecule has 0 aliphatic heterocycles. The van der Waals surface area contributed by atoms with Crippen LogP contribution in [0.4, 0.5) is 0 Å². The molecule has 0 saturated heterocycles. The van der Waals surface area contributed by atoms with E-state index in [1.807, 2.05) is 103 Å². The number of benzene rings is 7. The van der Waals surface area contributed by atoms with E-state index < -0.39 is 5.54 Å². The molecule has 0 bridgehead atoms. The van der Waals surface area contributed by atoms with Gasteiger partial charge in [0.05, 0.1) is 11.1 Å². The molecule has 0 N–H and O–H groups in total. The molecule has 0 amide bonds. The summed E-state index contributed by atoms with van der Waals surface area (Å²) in [6.45, 7) is 8.40. The minimum atomic E-state index is -1.47. The summed E-state index contributed by atoms with van der Waals surface area (Å²) in [7, 11) is 0. The summed E-state index contributed by atoms with van der Waals surface area (Å²) in [5, 5.41) is 12.8. The summed E-state index contributed by atoms with van der Waals surface area (Å²) in [4.78, 5) is 23.6. The first-order chi connectivity index (χ1) is 28.1. The molecular weight excluding hydrogens is 697 g/mol. The lowest BCUT2D eigenvalue weighted by atomic mass is 9.87. The van der Waals surface area contributed by atoms with E-state index in [-0.39, 0.29) is 0 Å². The normalized spacial score (nSPS) is 14.0. The largest absolute Gasteiger partial charge is 0.367 e. The second-order valence-electron chi connectivity index (χ2n) is 14.1. The Bertz CT molecular complexity index is 3060. The molecule has 7 aromatic carbocycles. The molecule has 1 atom stereocenters. The van der Waals surface area contributed by atoms with Gasteiger partial charge >= 0.3 is 5.54 Å². The summed E-state index contributed by atoms with van der Waals surface area (Å²) in [5.41, 5.74) is 10.2. The fourth-order valence-corrected chi connectivity index (χ4v) is 7.85. The van der Waals surface area contributed by atoms with Crippen molar-refractivity contribution in [3.8, 4) is 84.7 Å². The summed E-state index contributed by atoms with van der Waals surface area (Å²) < 4.78 is 0. The Kier molecular flexibility index (Phi) is 8.03. The van der Waals surface area contributed by atoms with E-state index in [0.717, 1.165) is 77.5 Å². The minimum absolute atomic E-state index is 0.519. The van der Waals surface area contributed by atoms with Crippen molar-refractivity contribution in [3.63, 3.8) is 0 Å². The van der Waals surface area contributed by atoms with E-state index in [2.05, 4.69) is 88.7 Å². The van der Waals surface area contributed by atoms with Crippen molar-refractivity contribution in [3.05, 3.63) is 205 Å². The molecule has 1 aliphatic rings. The van der Waals surface area contributed by atoms with Crippen molar-refractivity contribution in [2.24, 2.45) is 0 Å². The Labute approximate surface area is 329 Å². The number of aromatic nitrogens is 4. The van der Waals surface area contributed by atoms with Crippen molar-refractivity contribution in [1.29, 1.82) is 5.26 Å².